The first kappa shape index (κ1) is 18.4. The van der Waals surface area contributed by atoms with Gasteiger partial charge in [-0.15, -0.1) is 23.1 Å². The van der Waals surface area contributed by atoms with Gasteiger partial charge in [0, 0.05) is 20.9 Å². The van der Waals surface area contributed by atoms with Gasteiger partial charge in [-0.2, -0.15) is 0 Å². The number of hydrogen-bond acceptors (Lipinski definition) is 6. The molecule has 1 saturated heterocycles. The lowest BCUT2D eigenvalue weighted by Crippen LogP contribution is -2.42. The number of H-pyrrole nitrogens is 1. The molecule has 2 aliphatic heterocycles. The van der Waals surface area contributed by atoms with Crippen LogP contribution in [0.5, 0.6) is 0 Å². The summed E-state index contributed by atoms with van der Waals surface area (Å²) >= 11 is 4.77. The molecular formula is C23H18N2O3S3. The molecule has 3 fully saturated rings. The molecule has 156 valence electrons. The molecule has 1 aromatic carbocycles. The van der Waals surface area contributed by atoms with E-state index in [2.05, 4.69) is 22.5 Å². The van der Waals surface area contributed by atoms with Crippen molar-refractivity contribution in [3.8, 4) is 0 Å². The van der Waals surface area contributed by atoms with Crippen LogP contribution in [0.3, 0.4) is 0 Å². The van der Waals surface area contributed by atoms with Crippen LogP contribution < -0.4 is 9.77 Å². The molecule has 3 aromatic rings. The third-order valence-corrected chi connectivity index (χ3v) is 11.1. The number of rotatable bonds is 2. The van der Waals surface area contributed by atoms with Crippen LogP contribution in [-0.2, 0) is 9.59 Å². The molecule has 2 saturated carbocycles. The SMILES string of the molecule is O=C1[C@@H]2[C@@H]3C[C@H]([C@H]4Sc5[nH]c(=O)sc5[C@@H](c5cccs5)[C@H]34)[C@@H]2C(=O)N1c1ccccc1. The molecule has 5 nitrogen and oxygen atoms in total. The van der Waals surface area contributed by atoms with Crippen LogP contribution in [0.2, 0.25) is 0 Å². The van der Waals surface area contributed by atoms with Gasteiger partial charge in [0.05, 0.1) is 22.5 Å². The summed E-state index contributed by atoms with van der Waals surface area (Å²) in [6.45, 7) is 0. The van der Waals surface area contributed by atoms with Crippen molar-refractivity contribution in [1.29, 1.82) is 0 Å². The molecule has 2 amide bonds. The molecule has 31 heavy (non-hydrogen) atoms. The highest BCUT2D eigenvalue weighted by Gasteiger charge is 2.69. The van der Waals surface area contributed by atoms with Crippen molar-refractivity contribution in [2.24, 2.45) is 29.6 Å². The lowest BCUT2D eigenvalue weighted by Gasteiger charge is -2.42. The van der Waals surface area contributed by atoms with Crippen LogP contribution in [0.1, 0.15) is 22.1 Å². The van der Waals surface area contributed by atoms with E-state index < -0.39 is 0 Å². The van der Waals surface area contributed by atoms with Gasteiger partial charge >= 0.3 is 4.87 Å². The van der Waals surface area contributed by atoms with Gasteiger partial charge in [0.2, 0.25) is 11.8 Å². The molecule has 0 unspecified atom stereocenters. The number of imide groups is 1. The minimum absolute atomic E-state index is 0.0195. The quantitative estimate of drug-likeness (QED) is 0.576. The Kier molecular flexibility index (Phi) is 3.82. The Balaban J connectivity index is 1.34. The summed E-state index contributed by atoms with van der Waals surface area (Å²) < 4.78 is 0. The minimum Gasteiger partial charge on any atom is -0.307 e. The van der Waals surface area contributed by atoms with E-state index >= 15 is 0 Å². The zero-order valence-electron chi connectivity index (χ0n) is 16.3. The van der Waals surface area contributed by atoms with Gasteiger partial charge < -0.3 is 4.98 Å². The molecular weight excluding hydrogens is 448 g/mol. The fraction of sp³-hybridized carbons (Fsp3) is 0.348. The van der Waals surface area contributed by atoms with Crippen molar-refractivity contribution in [3.63, 3.8) is 0 Å². The number of anilines is 1. The van der Waals surface area contributed by atoms with Crippen LogP contribution >= 0.6 is 34.4 Å². The number of carbonyl (C=O) groups is 2. The van der Waals surface area contributed by atoms with Crippen LogP contribution in [0, 0.1) is 29.6 Å². The molecule has 7 atom stereocenters. The Labute approximate surface area is 190 Å². The Morgan fingerprint density at radius 2 is 1.71 bits per heavy atom. The first-order chi connectivity index (χ1) is 15.1. The summed E-state index contributed by atoms with van der Waals surface area (Å²) in [6, 6.07) is 13.5. The number of thiazole rings is 1. The van der Waals surface area contributed by atoms with Gasteiger partial charge in [0.15, 0.2) is 0 Å². The molecule has 0 spiro atoms. The molecule has 2 aliphatic carbocycles. The predicted octanol–water partition coefficient (Wildman–Crippen LogP) is 4.18. The lowest BCUT2D eigenvalue weighted by molar-refractivity contribution is -0.123. The molecule has 2 bridgehead atoms. The van der Waals surface area contributed by atoms with E-state index in [4.69, 9.17) is 0 Å². The number of nitrogens with zero attached hydrogens (tertiary/aromatic N) is 1. The first-order valence-corrected chi connectivity index (χ1v) is 13.1. The maximum Gasteiger partial charge on any atom is 0.305 e. The number of benzene rings is 1. The number of thiophene rings is 1. The van der Waals surface area contributed by atoms with Crippen molar-refractivity contribution in [1.82, 2.24) is 4.98 Å². The van der Waals surface area contributed by atoms with Crippen LogP contribution in [0.4, 0.5) is 5.69 Å². The van der Waals surface area contributed by atoms with E-state index in [0.717, 1.165) is 16.3 Å². The molecule has 8 heteroatoms. The normalized spacial score (nSPS) is 35.4. The number of para-hydroxylation sites is 1. The highest BCUT2D eigenvalue weighted by Crippen LogP contribution is 2.68. The van der Waals surface area contributed by atoms with E-state index in [1.165, 1.54) is 21.1 Å². The highest BCUT2D eigenvalue weighted by molar-refractivity contribution is 8.00. The summed E-state index contributed by atoms with van der Waals surface area (Å²) in [5, 5.41) is 3.30. The number of fused-ring (bicyclic) bond motifs is 9. The molecule has 0 radical (unpaired) electrons. The average molecular weight is 467 g/mol. The first-order valence-electron chi connectivity index (χ1n) is 10.5. The van der Waals surface area contributed by atoms with Crippen LogP contribution in [0.25, 0.3) is 0 Å². The van der Waals surface area contributed by atoms with Crippen LogP contribution in [0.15, 0.2) is 57.7 Å². The molecule has 4 aliphatic rings. The maximum atomic E-state index is 13.6. The average Bonchev–Trinajstić information content (AvgIpc) is 3.56. The summed E-state index contributed by atoms with van der Waals surface area (Å²) in [7, 11) is 0. The van der Waals surface area contributed by atoms with Crippen LogP contribution in [-0.4, -0.2) is 22.0 Å². The Morgan fingerprint density at radius 3 is 2.45 bits per heavy atom. The smallest absolute Gasteiger partial charge is 0.305 e. The maximum absolute atomic E-state index is 13.6. The van der Waals surface area contributed by atoms with E-state index in [-0.39, 0.29) is 57.4 Å². The minimum atomic E-state index is -0.237. The van der Waals surface area contributed by atoms with Crippen molar-refractivity contribution in [2.75, 3.05) is 4.90 Å². The van der Waals surface area contributed by atoms with Crippen molar-refractivity contribution < 1.29 is 9.59 Å². The van der Waals surface area contributed by atoms with E-state index in [0.29, 0.717) is 5.69 Å². The third-order valence-electron chi connectivity index (χ3n) is 7.59. The summed E-state index contributed by atoms with van der Waals surface area (Å²) in [5.74, 6) is 0.224. The van der Waals surface area contributed by atoms with Gasteiger partial charge in [-0.1, -0.05) is 35.6 Å². The number of hydrogen-bond donors (Lipinski definition) is 1. The summed E-state index contributed by atoms with van der Waals surface area (Å²) in [6.07, 6.45) is 0.929. The highest BCUT2D eigenvalue weighted by atomic mass is 32.2. The second kappa shape index (κ2) is 6.43. The molecule has 7 rings (SSSR count). The van der Waals surface area contributed by atoms with Crippen molar-refractivity contribution >= 4 is 51.9 Å². The van der Waals surface area contributed by atoms with E-state index in [9.17, 15) is 14.4 Å². The molecule has 2 aromatic heterocycles. The largest absolute Gasteiger partial charge is 0.307 e. The summed E-state index contributed by atoms with van der Waals surface area (Å²) in [4.78, 5) is 46.1. The lowest BCUT2D eigenvalue weighted by atomic mass is 9.69. The Morgan fingerprint density at radius 1 is 0.935 bits per heavy atom. The number of amides is 2. The topological polar surface area (TPSA) is 70.2 Å². The number of carbonyl (C=O) groups excluding carboxylic acids is 2. The number of thioether (sulfide) groups is 1. The fourth-order valence-electron chi connectivity index (χ4n) is 6.64. The van der Waals surface area contributed by atoms with Gasteiger partial charge in [-0.25, -0.2) is 0 Å². The van der Waals surface area contributed by atoms with Crippen molar-refractivity contribution in [3.05, 3.63) is 67.3 Å². The zero-order chi connectivity index (χ0) is 20.9. The van der Waals surface area contributed by atoms with Gasteiger partial charge in [0.1, 0.15) is 0 Å². The monoisotopic (exact) mass is 466 g/mol. The van der Waals surface area contributed by atoms with E-state index in [1.54, 1.807) is 23.1 Å². The zero-order valence-corrected chi connectivity index (χ0v) is 18.7. The molecule has 1 N–H and O–H groups in total. The second-order valence-electron chi connectivity index (χ2n) is 8.82. The fourth-order valence-corrected chi connectivity index (χ4v) is 10.5. The number of aromatic amines is 1. The van der Waals surface area contributed by atoms with Gasteiger partial charge in [-0.3, -0.25) is 19.3 Å². The van der Waals surface area contributed by atoms with Gasteiger partial charge in [-0.05, 0) is 47.8 Å². The van der Waals surface area contributed by atoms with E-state index in [1.807, 2.05) is 30.3 Å². The Bertz CT molecular complexity index is 1260. The Hall–Kier alpha value is -2.16. The standard InChI is InChI=1S/C23H18N2O3S3/c26-21-15-11-9-12(16(15)22(27)25(21)10-5-2-1-3-6-10)18-14(11)17(13-7-4-8-29-13)19-20(30-18)24-23(28)31-19/h1-8,11-12,14-18H,9H2,(H,24,28)/t11-,12+,14+,15-,16+,17+,18-/m1/s1. The predicted molar refractivity (Wildman–Crippen MR) is 122 cm³/mol. The molecule has 4 heterocycles. The summed E-state index contributed by atoms with van der Waals surface area (Å²) in [5.41, 5.74) is 0.681. The third kappa shape index (κ3) is 2.36. The van der Waals surface area contributed by atoms with Crippen molar-refractivity contribution in [2.45, 2.75) is 22.6 Å². The number of nitrogens with one attached hydrogen (secondary N) is 1. The second-order valence-corrected chi connectivity index (χ2v) is 12.0. The van der Waals surface area contributed by atoms with Gasteiger partial charge in [0.25, 0.3) is 0 Å². The number of aromatic nitrogens is 1.